The molecule has 0 aromatic heterocycles. The number of likely N-dealkylation sites (N-methyl/N-ethyl adjacent to an activating group) is 3. The van der Waals surface area contributed by atoms with Gasteiger partial charge in [0.25, 0.3) is 17.8 Å². The second-order valence-electron chi connectivity index (χ2n) is 10.4. The van der Waals surface area contributed by atoms with E-state index in [1.54, 1.807) is 31.1 Å². The number of nitro benzene ring substituents is 2. The summed E-state index contributed by atoms with van der Waals surface area (Å²) in [5.74, 6) is -0.382. The standard InChI is InChI=1S/C14H20N4O3.C9H9ClN2O3.C5H12N2.CH2O3.2K.H/c1-15-7-9-17(10-8-15)11-14(19)16(2)12-3-5-13(6-4-12)18(20)21;1-11(9(13)6-10)7-2-4-8(5-3-7)12(14)15;1-7-4-2-6-3-5-7;2-1-4-3;;;/h3-6H,7-11H2,1-2H3;2-5H,6H2,1H3;6H,2-5H2,1H3;1,3H;;;/q;;;;2*+1;-1/p-1. The summed E-state index contributed by atoms with van der Waals surface area (Å²) in [4.78, 5) is 64.3. The van der Waals surface area contributed by atoms with Gasteiger partial charge >= 0.3 is 103 Å². The van der Waals surface area contributed by atoms with Crippen LogP contribution in [0.2, 0.25) is 0 Å². The molecule has 17 nitrogen and oxygen atoms in total. The first-order valence-corrected chi connectivity index (χ1v) is 15.0. The topological polar surface area (TPSA) is 198 Å². The van der Waals surface area contributed by atoms with Crippen molar-refractivity contribution < 1.29 is 139 Å². The number of nitro groups is 2. The Labute approximate surface area is 377 Å². The molecule has 2 aromatic carbocycles. The Kier molecular flexibility index (Phi) is 29.2. The molecule has 0 bridgehead atoms. The van der Waals surface area contributed by atoms with E-state index in [-0.39, 0.29) is 140 Å². The molecule has 4 rings (SSSR count). The van der Waals surface area contributed by atoms with Gasteiger partial charge in [-0.05, 0) is 38.4 Å². The van der Waals surface area contributed by atoms with Crippen LogP contribution in [0.4, 0.5) is 22.7 Å². The number of amides is 2. The molecular weight excluding hydrogens is 718 g/mol. The molecule has 1 N–H and O–H groups in total. The number of non-ortho nitro benzene ring substituents is 2. The molecule has 2 heterocycles. The van der Waals surface area contributed by atoms with Gasteiger partial charge in [0.2, 0.25) is 11.8 Å². The molecule has 262 valence electrons. The van der Waals surface area contributed by atoms with Crippen LogP contribution in [0.25, 0.3) is 0 Å². The molecule has 2 aliphatic rings. The Balaban J connectivity index is -0.000000665. The third-order valence-corrected chi connectivity index (χ3v) is 7.32. The number of carbonyl (C=O) groups is 3. The number of nitrogens with one attached hydrogen (secondary N) is 1. The number of alkyl halides is 1. The summed E-state index contributed by atoms with van der Waals surface area (Å²) in [5.41, 5.74) is 1.26. The van der Waals surface area contributed by atoms with Crippen LogP contribution in [-0.2, 0) is 19.3 Å². The zero-order valence-electron chi connectivity index (χ0n) is 29.9. The van der Waals surface area contributed by atoms with Gasteiger partial charge < -0.3 is 36.5 Å². The van der Waals surface area contributed by atoms with E-state index in [2.05, 4.69) is 39.0 Å². The van der Waals surface area contributed by atoms with Gasteiger partial charge in [-0.25, -0.2) is 0 Å². The van der Waals surface area contributed by atoms with E-state index in [1.807, 2.05) is 0 Å². The maximum Gasteiger partial charge on any atom is 1.00 e. The van der Waals surface area contributed by atoms with Crippen molar-refractivity contribution in [3.8, 4) is 0 Å². The number of benzene rings is 2. The van der Waals surface area contributed by atoms with E-state index < -0.39 is 9.85 Å². The predicted molar refractivity (Wildman–Crippen MR) is 176 cm³/mol. The van der Waals surface area contributed by atoms with E-state index in [0.29, 0.717) is 17.9 Å². The summed E-state index contributed by atoms with van der Waals surface area (Å²) < 4.78 is 0. The monoisotopic (exact) mass is 760 g/mol. The number of nitrogens with zero attached hydrogens (tertiary/aromatic N) is 7. The van der Waals surface area contributed by atoms with Gasteiger partial charge in [0.05, 0.1) is 16.4 Å². The third-order valence-electron chi connectivity index (χ3n) is 7.09. The molecule has 0 saturated carbocycles. The molecule has 0 atom stereocenters. The van der Waals surface area contributed by atoms with Crippen LogP contribution in [0.5, 0.6) is 0 Å². The van der Waals surface area contributed by atoms with Gasteiger partial charge in [0, 0.05) is 102 Å². The molecule has 0 radical (unpaired) electrons. The summed E-state index contributed by atoms with van der Waals surface area (Å²) in [6.45, 7) is 8.64. The summed E-state index contributed by atoms with van der Waals surface area (Å²) in [5, 5.41) is 32.7. The molecule has 2 aromatic rings. The molecule has 0 aliphatic carbocycles. The SMILES string of the molecule is CN(C(=O)CCl)c1ccc([N+](=O)[O-])cc1.CN1CCN(CC(=O)N(C)c2ccc([N+](=O)[O-])cc2)CC1.CN1CCNCC1.O=CO[O-].[H-].[K+].[K+]. The van der Waals surface area contributed by atoms with Gasteiger partial charge in [0.15, 0.2) is 0 Å². The first-order valence-electron chi connectivity index (χ1n) is 14.4. The summed E-state index contributed by atoms with van der Waals surface area (Å²) in [6, 6.07) is 11.7. The number of halogens is 1. The average molecular weight is 761 g/mol. The molecular formula is C29H43ClK2N8O9. The van der Waals surface area contributed by atoms with E-state index >= 15 is 0 Å². The zero-order chi connectivity index (χ0) is 35.4. The van der Waals surface area contributed by atoms with Crippen LogP contribution >= 0.6 is 11.6 Å². The van der Waals surface area contributed by atoms with Crippen LogP contribution < -0.4 is 123 Å². The molecule has 20 heteroatoms. The van der Waals surface area contributed by atoms with Crippen molar-refractivity contribution in [3.05, 3.63) is 68.8 Å². The molecule has 2 saturated heterocycles. The van der Waals surface area contributed by atoms with Crippen molar-refractivity contribution in [1.29, 1.82) is 0 Å². The number of anilines is 2. The van der Waals surface area contributed by atoms with E-state index in [9.17, 15) is 29.8 Å². The van der Waals surface area contributed by atoms with Crippen molar-refractivity contribution in [2.45, 2.75) is 0 Å². The fraction of sp³-hybridized carbons (Fsp3) is 0.483. The second-order valence-corrected chi connectivity index (χ2v) is 10.7. The molecule has 49 heavy (non-hydrogen) atoms. The first-order chi connectivity index (χ1) is 22.3. The van der Waals surface area contributed by atoms with Crippen LogP contribution in [0.1, 0.15) is 1.43 Å². The van der Waals surface area contributed by atoms with Crippen LogP contribution in [0.3, 0.4) is 0 Å². The van der Waals surface area contributed by atoms with Gasteiger partial charge in [-0.2, -0.15) is 0 Å². The van der Waals surface area contributed by atoms with Gasteiger partial charge in [0.1, 0.15) is 5.88 Å². The van der Waals surface area contributed by atoms with E-state index in [1.165, 1.54) is 54.4 Å². The second kappa shape index (κ2) is 28.6. The Bertz CT molecular complexity index is 1280. The number of hydrogen-bond donors (Lipinski definition) is 1. The largest absolute Gasteiger partial charge is 1.00 e. The van der Waals surface area contributed by atoms with Crippen LogP contribution in [0, 0.1) is 20.2 Å². The average Bonchev–Trinajstić information content (AvgIpc) is 3.09. The number of hydrogen-bond acceptors (Lipinski definition) is 13. The number of carbonyl (C=O) groups excluding carboxylic acids is 3. The Morgan fingerprint density at radius 1 is 0.816 bits per heavy atom. The first kappa shape index (κ1) is 50.1. The number of rotatable bonds is 8. The molecule has 0 unspecified atom stereocenters. The summed E-state index contributed by atoms with van der Waals surface area (Å²) in [7, 11) is 7.48. The summed E-state index contributed by atoms with van der Waals surface area (Å²) in [6.07, 6.45) is 0. The molecule has 0 spiro atoms. The van der Waals surface area contributed by atoms with Crippen LogP contribution in [-0.4, -0.2) is 136 Å². The van der Waals surface area contributed by atoms with Crippen molar-refractivity contribution >= 4 is 52.6 Å². The molecule has 2 aliphatic heterocycles. The minimum atomic E-state index is -0.493. The fourth-order valence-electron chi connectivity index (χ4n) is 4.05. The smallest absolute Gasteiger partial charge is 1.00 e. The quantitative estimate of drug-likeness (QED) is 0.0670. The maximum atomic E-state index is 12.2. The van der Waals surface area contributed by atoms with Crippen molar-refractivity contribution in [3.63, 3.8) is 0 Å². The minimum absolute atomic E-state index is 0. The van der Waals surface area contributed by atoms with Crippen molar-refractivity contribution in [2.24, 2.45) is 0 Å². The predicted octanol–water partition coefficient (Wildman–Crippen LogP) is -5.32. The zero-order valence-corrected chi connectivity index (χ0v) is 36.0. The minimum Gasteiger partial charge on any atom is -1.00 e. The van der Waals surface area contributed by atoms with Gasteiger partial charge in [-0.1, -0.05) is 0 Å². The fourth-order valence-corrected chi connectivity index (χ4v) is 4.23. The third kappa shape index (κ3) is 20.6. The Hall–Kier alpha value is -0.987. The Morgan fingerprint density at radius 3 is 1.49 bits per heavy atom. The van der Waals surface area contributed by atoms with Gasteiger partial charge in [-0.15, -0.1) is 11.6 Å². The van der Waals surface area contributed by atoms with E-state index in [0.717, 1.165) is 39.3 Å². The van der Waals surface area contributed by atoms with Gasteiger partial charge in [-0.3, -0.25) is 39.5 Å². The Morgan fingerprint density at radius 2 is 1.18 bits per heavy atom. The van der Waals surface area contributed by atoms with Crippen molar-refractivity contribution in [1.82, 2.24) is 20.0 Å². The molecule has 2 fully saturated rings. The summed E-state index contributed by atoms with van der Waals surface area (Å²) >= 11 is 5.38. The van der Waals surface area contributed by atoms with E-state index in [4.69, 9.17) is 21.7 Å². The van der Waals surface area contributed by atoms with Crippen LogP contribution in [0.15, 0.2) is 48.5 Å². The number of piperazine rings is 2. The normalized spacial score (nSPS) is 14.2. The molecule has 2 amide bonds. The van der Waals surface area contributed by atoms with Crippen molar-refractivity contribution in [2.75, 3.05) is 103 Å². The maximum absolute atomic E-state index is 12.2.